The van der Waals surface area contributed by atoms with Crippen LogP contribution in [0.15, 0.2) is 24.8 Å². The van der Waals surface area contributed by atoms with Crippen molar-refractivity contribution < 1.29 is 17.9 Å². The van der Waals surface area contributed by atoms with Gasteiger partial charge in [0.1, 0.15) is 11.4 Å². The number of nitrogens with one attached hydrogen (secondary N) is 1. The fourth-order valence-corrected chi connectivity index (χ4v) is 4.70. The summed E-state index contributed by atoms with van der Waals surface area (Å²) in [7, 11) is -3.26. The highest BCUT2D eigenvalue weighted by molar-refractivity contribution is 7.88. The predicted molar refractivity (Wildman–Crippen MR) is 103 cm³/mol. The summed E-state index contributed by atoms with van der Waals surface area (Å²) < 4.78 is 33.4. The van der Waals surface area contributed by atoms with Crippen LogP contribution in [0, 0.1) is 6.92 Å². The number of sulfonamides is 1. The Labute approximate surface area is 169 Å². The van der Waals surface area contributed by atoms with E-state index in [1.54, 1.807) is 18.6 Å². The summed E-state index contributed by atoms with van der Waals surface area (Å²) in [6, 6.07) is 0. The average Bonchev–Trinajstić information content (AvgIpc) is 3.17. The van der Waals surface area contributed by atoms with Crippen LogP contribution in [-0.2, 0) is 38.2 Å². The van der Waals surface area contributed by atoms with Crippen LogP contribution >= 0.6 is 0 Å². The molecule has 1 unspecified atom stereocenters. The number of ether oxygens (including phenoxy) is 1. The molecule has 2 aliphatic rings. The van der Waals surface area contributed by atoms with Crippen LogP contribution in [0.2, 0.25) is 0 Å². The largest absolute Gasteiger partial charge is 0.352 e. The zero-order chi connectivity index (χ0) is 20.6. The molecule has 1 atom stereocenters. The number of hydrogen-bond acceptors (Lipinski definition) is 7. The Balaban J connectivity index is 1.48. The molecule has 29 heavy (non-hydrogen) atoms. The number of carbonyl (C=O) groups excluding carboxylic acids is 1. The van der Waals surface area contributed by atoms with E-state index in [1.165, 1.54) is 10.6 Å². The lowest BCUT2D eigenvalue weighted by atomic mass is 9.89. The van der Waals surface area contributed by atoms with Gasteiger partial charge in [0.25, 0.3) is 5.91 Å². The van der Waals surface area contributed by atoms with Gasteiger partial charge in [-0.15, -0.1) is 0 Å². The van der Waals surface area contributed by atoms with E-state index in [-0.39, 0.29) is 12.5 Å². The van der Waals surface area contributed by atoms with Crippen LogP contribution in [0.1, 0.15) is 30.1 Å². The number of fused-ring (bicyclic) bond motifs is 2. The molecule has 11 heteroatoms. The maximum absolute atomic E-state index is 12.8. The molecule has 0 radical (unpaired) electrons. The minimum atomic E-state index is -3.26. The number of aromatic nitrogens is 4. The van der Waals surface area contributed by atoms with Crippen molar-refractivity contribution in [1.82, 2.24) is 29.1 Å². The molecule has 4 rings (SSSR count). The Bertz CT molecular complexity index is 996. The van der Waals surface area contributed by atoms with Crippen molar-refractivity contribution in [2.24, 2.45) is 0 Å². The quantitative estimate of drug-likeness (QED) is 0.736. The molecule has 0 aromatic carbocycles. The standard InChI is InChI=1S/C18H24N6O4S/c1-13-9-21-14(10-20-13)11-22-16(25)15-12-23-8-5-19-17(23)18(28-15)3-6-24(7-4-18)29(2,26)27/h5,8-10,15H,3-4,6-7,11-12H2,1-2H3,(H,22,25). The molecule has 4 heterocycles. The van der Waals surface area contributed by atoms with Gasteiger partial charge in [0.2, 0.25) is 10.0 Å². The third kappa shape index (κ3) is 4.02. The van der Waals surface area contributed by atoms with Gasteiger partial charge in [0.05, 0.1) is 36.9 Å². The summed E-state index contributed by atoms with van der Waals surface area (Å²) in [6.07, 6.45) is 8.21. The summed E-state index contributed by atoms with van der Waals surface area (Å²) in [5.74, 6) is 0.510. The van der Waals surface area contributed by atoms with Crippen molar-refractivity contribution in [1.29, 1.82) is 0 Å². The summed E-state index contributed by atoms with van der Waals surface area (Å²) >= 11 is 0. The van der Waals surface area contributed by atoms with Crippen LogP contribution in [0.25, 0.3) is 0 Å². The van der Waals surface area contributed by atoms with Crippen molar-refractivity contribution in [2.45, 2.75) is 44.6 Å². The van der Waals surface area contributed by atoms with E-state index >= 15 is 0 Å². The summed E-state index contributed by atoms with van der Waals surface area (Å²) in [5.41, 5.74) is 0.708. The van der Waals surface area contributed by atoms with Crippen molar-refractivity contribution in [3.63, 3.8) is 0 Å². The number of hydrogen-bond donors (Lipinski definition) is 1. The van der Waals surface area contributed by atoms with Crippen LogP contribution in [0.5, 0.6) is 0 Å². The highest BCUT2D eigenvalue weighted by Gasteiger charge is 2.48. The van der Waals surface area contributed by atoms with Gasteiger partial charge in [0.15, 0.2) is 6.10 Å². The third-order valence-electron chi connectivity index (χ3n) is 5.42. The van der Waals surface area contributed by atoms with Crippen molar-refractivity contribution in [3.05, 3.63) is 42.0 Å². The SMILES string of the molecule is Cc1cnc(CNC(=O)C2Cn3ccnc3C3(CCN(S(C)(=O)=O)CC3)O2)cn1. The number of rotatable bonds is 4. The van der Waals surface area contributed by atoms with Gasteiger partial charge in [-0.05, 0) is 19.8 Å². The van der Waals surface area contributed by atoms with E-state index in [2.05, 4.69) is 20.3 Å². The second kappa shape index (κ2) is 7.47. The van der Waals surface area contributed by atoms with Crippen molar-refractivity contribution in [3.8, 4) is 0 Å². The maximum Gasteiger partial charge on any atom is 0.251 e. The number of amides is 1. The maximum atomic E-state index is 12.8. The molecule has 10 nitrogen and oxygen atoms in total. The van der Waals surface area contributed by atoms with Crippen molar-refractivity contribution >= 4 is 15.9 Å². The molecule has 1 amide bonds. The van der Waals surface area contributed by atoms with E-state index in [1.807, 2.05) is 17.7 Å². The van der Waals surface area contributed by atoms with Gasteiger partial charge in [-0.25, -0.2) is 17.7 Å². The van der Waals surface area contributed by atoms with Gasteiger partial charge < -0.3 is 14.6 Å². The van der Waals surface area contributed by atoms with Crippen LogP contribution < -0.4 is 5.32 Å². The van der Waals surface area contributed by atoms with Crippen LogP contribution in [0.4, 0.5) is 0 Å². The van der Waals surface area contributed by atoms with Crippen LogP contribution in [0.3, 0.4) is 0 Å². The first-order chi connectivity index (χ1) is 13.8. The second-order valence-corrected chi connectivity index (χ2v) is 9.52. The lowest BCUT2D eigenvalue weighted by Crippen LogP contribution is -2.54. The number of imidazole rings is 1. The fourth-order valence-electron chi connectivity index (χ4n) is 3.86. The fraction of sp³-hybridized carbons (Fsp3) is 0.556. The van der Waals surface area contributed by atoms with E-state index in [0.717, 1.165) is 11.5 Å². The zero-order valence-corrected chi connectivity index (χ0v) is 17.2. The van der Waals surface area contributed by atoms with Gasteiger partial charge in [-0.3, -0.25) is 14.8 Å². The minimum absolute atomic E-state index is 0.239. The first-order valence-corrected chi connectivity index (χ1v) is 11.3. The lowest BCUT2D eigenvalue weighted by molar-refractivity contribution is -0.171. The molecule has 0 bridgehead atoms. The Hall–Kier alpha value is -2.37. The zero-order valence-electron chi connectivity index (χ0n) is 16.4. The average molecular weight is 420 g/mol. The number of aryl methyl sites for hydroxylation is 1. The molecular weight excluding hydrogens is 396 g/mol. The number of nitrogens with zero attached hydrogens (tertiary/aromatic N) is 5. The molecule has 1 N–H and O–H groups in total. The van der Waals surface area contributed by atoms with Gasteiger partial charge in [-0.1, -0.05) is 0 Å². The Morgan fingerprint density at radius 1 is 1.28 bits per heavy atom. The molecule has 0 aliphatic carbocycles. The van der Waals surface area contributed by atoms with Gasteiger partial charge >= 0.3 is 0 Å². The smallest absolute Gasteiger partial charge is 0.251 e. The van der Waals surface area contributed by atoms with Gasteiger partial charge in [-0.2, -0.15) is 0 Å². The topological polar surface area (TPSA) is 119 Å². The number of carbonyl (C=O) groups is 1. The molecule has 0 saturated carbocycles. The highest BCUT2D eigenvalue weighted by atomic mass is 32.2. The van der Waals surface area contributed by atoms with E-state index in [0.29, 0.717) is 38.2 Å². The Morgan fingerprint density at radius 2 is 2.03 bits per heavy atom. The third-order valence-corrected chi connectivity index (χ3v) is 6.73. The monoisotopic (exact) mass is 420 g/mol. The molecule has 2 aromatic heterocycles. The first-order valence-electron chi connectivity index (χ1n) is 9.47. The molecule has 2 aromatic rings. The van der Waals surface area contributed by atoms with Crippen LogP contribution in [-0.4, -0.2) is 63.6 Å². The number of piperidine rings is 1. The Kier molecular flexibility index (Phi) is 5.13. The van der Waals surface area contributed by atoms with Crippen molar-refractivity contribution in [2.75, 3.05) is 19.3 Å². The van der Waals surface area contributed by atoms with Gasteiger partial charge in [0, 0.05) is 31.7 Å². The molecule has 1 fully saturated rings. The normalized spacial score (nSPS) is 21.7. The molecule has 1 spiro atoms. The second-order valence-electron chi connectivity index (χ2n) is 7.53. The molecule has 2 aliphatic heterocycles. The van der Waals surface area contributed by atoms with E-state index < -0.39 is 21.7 Å². The summed E-state index contributed by atoms with van der Waals surface area (Å²) in [4.78, 5) is 25.7. The molecule has 1 saturated heterocycles. The Morgan fingerprint density at radius 3 is 2.69 bits per heavy atom. The molecular formula is C18H24N6O4S. The minimum Gasteiger partial charge on any atom is -0.352 e. The summed E-state index contributed by atoms with van der Waals surface area (Å²) in [6.45, 7) is 3.14. The first kappa shape index (κ1) is 19.9. The lowest BCUT2D eigenvalue weighted by Gasteiger charge is -2.44. The predicted octanol–water partition coefficient (Wildman–Crippen LogP) is -0.0526. The highest BCUT2D eigenvalue weighted by Crippen LogP contribution is 2.40. The van der Waals surface area contributed by atoms with E-state index in [4.69, 9.17) is 4.74 Å². The summed E-state index contributed by atoms with van der Waals surface area (Å²) in [5, 5.41) is 2.86. The van der Waals surface area contributed by atoms with E-state index in [9.17, 15) is 13.2 Å². The molecule has 156 valence electrons.